The number of rotatable bonds is 5. The number of Topliss-reactive ketones (excluding diaryl/α,β-unsaturated/α-hetero) is 1. The summed E-state index contributed by atoms with van der Waals surface area (Å²) in [6.45, 7) is 2.42. The van der Waals surface area contributed by atoms with Gasteiger partial charge in [0.2, 0.25) is 5.91 Å². The van der Waals surface area contributed by atoms with Crippen molar-refractivity contribution in [3.05, 3.63) is 102 Å². The average molecular weight is 439 g/mol. The minimum atomic E-state index is -0.254. The summed E-state index contributed by atoms with van der Waals surface area (Å²) in [6, 6.07) is 21.5. The molecular weight excluding hydrogens is 412 g/mol. The van der Waals surface area contributed by atoms with Crippen molar-refractivity contribution in [2.75, 3.05) is 11.5 Å². The Hall–Kier alpha value is -3.73. The fraction of sp³-hybridized carbons (Fsp3) is 0.250. The zero-order chi connectivity index (χ0) is 22.8. The summed E-state index contributed by atoms with van der Waals surface area (Å²) < 4.78 is 5.86. The SMILES string of the molecule is CCOc1ccccc1N1C(=O)CC(c2ccncc2)C2=C1CC(c1ccccc1)CC2=O. The second-order valence-corrected chi connectivity index (χ2v) is 8.47. The molecule has 0 spiro atoms. The number of aromatic nitrogens is 1. The summed E-state index contributed by atoms with van der Waals surface area (Å²) in [4.78, 5) is 33.2. The third kappa shape index (κ3) is 3.95. The summed E-state index contributed by atoms with van der Waals surface area (Å²) in [6.07, 6.45) is 4.75. The van der Waals surface area contributed by atoms with E-state index in [0.29, 0.717) is 30.9 Å². The molecule has 5 heteroatoms. The lowest BCUT2D eigenvalue weighted by molar-refractivity contribution is -0.120. The van der Waals surface area contributed by atoms with Crippen LogP contribution in [0.4, 0.5) is 5.69 Å². The molecule has 5 nitrogen and oxygen atoms in total. The maximum Gasteiger partial charge on any atom is 0.232 e. The molecule has 33 heavy (non-hydrogen) atoms. The molecule has 3 aromatic rings. The summed E-state index contributed by atoms with van der Waals surface area (Å²) in [7, 11) is 0. The Kier molecular flexibility index (Phi) is 5.78. The Balaban J connectivity index is 1.67. The van der Waals surface area contributed by atoms with Gasteiger partial charge in [-0.1, -0.05) is 42.5 Å². The van der Waals surface area contributed by atoms with E-state index in [2.05, 4.69) is 17.1 Å². The molecule has 166 valence electrons. The van der Waals surface area contributed by atoms with Gasteiger partial charge in [-0.15, -0.1) is 0 Å². The Bertz CT molecular complexity index is 1200. The quantitative estimate of drug-likeness (QED) is 0.535. The zero-order valence-electron chi connectivity index (χ0n) is 18.6. The summed E-state index contributed by atoms with van der Waals surface area (Å²) >= 11 is 0. The number of amides is 1. The Morgan fingerprint density at radius 1 is 0.879 bits per heavy atom. The number of nitrogens with zero attached hydrogens (tertiary/aromatic N) is 2. The van der Waals surface area contributed by atoms with Gasteiger partial charge in [0, 0.05) is 42.4 Å². The summed E-state index contributed by atoms with van der Waals surface area (Å²) in [5.41, 5.74) is 4.32. The fourth-order valence-electron chi connectivity index (χ4n) is 5.08. The molecule has 2 heterocycles. The van der Waals surface area contributed by atoms with Crippen LogP contribution in [0.15, 0.2) is 90.4 Å². The first kappa shape index (κ1) is 21.1. The number of anilines is 1. The number of carbonyl (C=O) groups excluding carboxylic acids is 2. The van der Waals surface area contributed by atoms with Crippen LogP contribution in [0.3, 0.4) is 0 Å². The van der Waals surface area contributed by atoms with Crippen molar-refractivity contribution in [3.8, 4) is 5.75 Å². The van der Waals surface area contributed by atoms with E-state index in [-0.39, 0.29) is 29.9 Å². The monoisotopic (exact) mass is 438 g/mol. The fourth-order valence-corrected chi connectivity index (χ4v) is 5.08. The van der Waals surface area contributed by atoms with Crippen LogP contribution in [0, 0.1) is 0 Å². The van der Waals surface area contributed by atoms with Gasteiger partial charge in [-0.3, -0.25) is 19.5 Å². The molecule has 2 aliphatic rings. The number of ether oxygens (including phenoxy) is 1. The smallest absolute Gasteiger partial charge is 0.232 e. The van der Waals surface area contributed by atoms with E-state index in [0.717, 1.165) is 22.4 Å². The number of pyridine rings is 1. The van der Waals surface area contributed by atoms with Crippen LogP contribution < -0.4 is 9.64 Å². The van der Waals surface area contributed by atoms with Crippen LogP contribution in [0.2, 0.25) is 0 Å². The average Bonchev–Trinajstić information content (AvgIpc) is 2.85. The van der Waals surface area contributed by atoms with Gasteiger partial charge in [-0.2, -0.15) is 0 Å². The van der Waals surface area contributed by atoms with Crippen molar-refractivity contribution < 1.29 is 14.3 Å². The third-order valence-electron chi connectivity index (χ3n) is 6.51. The number of hydrogen-bond acceptors (Lipinski definition) is 4. The van der Waals surface area contributed by atoms with Gasteiger partial charge in [-0.25, -0.2) is 0 Å². The highest BCUT2D eigenvalue weighted by molar-refractivity contribution is 6.08. The van der Waals surface area contributed by atoms with Crippen LogP contribution in [0.25, 0.3) is 0 Å². The van der Waals surface area contributed by atoms with Gasteiger partial charge in [0.25, 0.3) is 0 Å². The van der Waals surface area contributed by atoms with Crippen LogP contribution in [-0.2, 0) is 9.59 Å². The predicted octanol–water partition coefficient (Wildman–Crippen LogP) is 5.40. The molecule has 2 aromatic carbocycles. The zero-order valence-corrected chi connectivity index (χ0v) is 18.6. The van der Waals surface area contributed by atoms with Crippen molar-refractivity contribution in [1.29, 1.82) is 0 Å². The Labute approximate surface area is 193 Å². The molecule has 1 aliphatic heterocycles. The molecule has 5 rings (SSSR count). The van der Waals surface area contributed by atoms with Crippen LogP contribution in [-0.4, -0.2) is 23.3 Å². The molecule has 0 N–H and O–H groups in total. The number of ketones is 1. The molecule has 0 bridgehead atoms. The van der Waals surface area contributed by atoms with Crippen LogP contribution in [0.1, 0.15) is 49.1 Å². The normalized spacial score (nSPS) is 20.6. The number of hydrogen-bond donors (Lipinski definition) is 0. The van der Waals surface area contributed by atoms with Gasteiger partial charge in [-0.05, 0) is 54.7 Å². The van der Waals surface area contributed by atoms with E-state index in [1.807, 2.05) is 61.5 Å². The first-order valence-electron chi connectivity index (χ1n) is 11.4. The molecular formula is C28H26N2O3. The van der Waals surface area contributed by atoms with Gasteiger partial charge in [0.1, 0.15) is 5.75 Å². The van der Waals surface area contributed by atoms with E-state index in [4.69, 9.17) is 4.74 Å². The molecule has 1 amide bonds. The van der Waals surface area contributed by atoms with Crippen molar-refractivity contribution in [1.82, 2.24) is 4.98 Å². The Morgan fingerprint density at radius 2 is 1.61 bits per heavy atom. The number of benzene rings is 2. The van der Waals surface area contributed by atoms with Crippen LogP contribution in [0.5, 0.6) is 5.75 Å². The molecule has 2 unspecified atom stereocenters. The van der Waals surface area contributed by atoms with Crippen molar-refractivity contribution in [2.24, 2.45) is 0 Å². The highest BCUT2D eigenvalue weighted by Gasteiger charge is 2.43. The Morgan fingerprint density at radius 3 is 2.36 bits per heavy atom. The van der Waals surface area contributed by atoms with E-state index in [1.54, 1.807) is 17.3 Å². The number of para-hydroxylation sites is 2. The second-order valence-electron chi connectivity index (χ2n) is 8.47. The standard InChI is InChI=1S/C28H26N2O3/c1-2-33-26-11-7-6-10-23(26)30-24-16-21(19-8-4-3-5-9-19)17-25(31)28(24)22(18-27(30)32)20-12-14-29-15-13-20/h3-15,21-22H,2,16-18H2,1H3. The van der Waals surface area contributed by atoms with Gasteiger partial charge < -0.3 is 4.74 Å². The molecule has 2 atom stereocenters. The van der Waals surface area contributed by atoms with Crippen molar-refractivity contribution in [3.63, 3.8) is 0 Å². The lowest BCUT2D eigenvalue weighted by Crippen LogP contribution is -2.42. The molecule has 0 fully saturated rings. The lowest BCUT2D eigenvalue weighted by atomic mass is 9.73. The molecule has 1 aliphatic carbocycles. The number of carbonyl (C=O) groups is 2. The topological polar surface area (TPSA) is 59.5 Å². The predicted molar refractivity (Wildman–Crippen MR) is 127 cm³/mol. The first-order valence-corrected chi connectivity index (χ1v) is 11.4. The minimum Gasteiger partial charge on any atom is -0.492 e. The lowest BCUT2D eigenvalue weighted by Gasteiger charge is -2.40. The maximum absolute atomic E-state index is 13.6. The molecule has 0 radical (unpaired) electrons. The highest BCUT2D eigenvalue weighted by Crippen LogP contribution is 2.48. The van der Waals surface area contributed by atoms with Gasteiger partial charge >= 0.3 is 0 Å². The summed E-state index contributed by atoms with van der Waals surface area (Å²) in [5.74, 6) is 0.512. The molecule has 0 saturated heterocycles. The third-order valence-corrected chi connectivity index (χ3v) is 6.51. The van der Waals surface area contributed by atoms with E-state index >= 15 is 0 Å². The minimum absolute atomic E-state index is 0.0239. The van der Waals surface area contributed by atoms with Crippen molar-refractivity contribution in [2.45, 2.75) is 38.0 Å². The van der Waals surface area contributed by atoms with Crippen LogP contribution >= 0.6 is 0 Å². The van der Waals surface area contributed by atoms with Gasteiger partial charge in [0.05, 0.1) is 12.3 Å². The largest absolute Gasteiger partial charge is 0.492 e. The second kappa shape index (κ2) is 9.02. The maximum atomic E-state index is 13.6. The highest BCUT2D eigenvalue weighted by atomic mass is 16.5. The van der Waals surface area contributed by atoms with E-state index < -0.39 is 0 Å². The number of allylic oxidation sites excluding steroid dienone is 2. The van der Waals surface area contributed by atoms with E-state index in [1.165, 1.54) is 0 Å². The molecule has 0 saturated carbocycles. The van der Waals surface area contributed by atoms with Crippen molar-refractivity contribution >= 4 is 17.4 Å². The first-order chi connectivity index (χ1) is 16.2. The summed E-state index contributed by atoms with van der Waals surface area (Å²) in [5, 5.41) is 0. The molecule has 1 aromatic heterocycles. The van der Waals surface area contributed by atoms with E-state index in [9.17, 15) is 9.59 Å². The van der Waals surface area contributed by atoms with Gasteiger partial charge in [0.15, 0.2) is 5.78 Å².